The third-order valence-electron chi connectivity index (χ3n) is 0.644. The van der Waals surface area contributed by atoms with Crippen LogP contribution >= 0.6 is 0 Å². The van der Waals surface area contributed by atoms with Crippen molar-refractivity contribution in [1.82, 2.24) is 0 Å². The summed E-state index contributed by atoms with van der Waals surface area (Å²) in [4.78, 5) is 0. The second-order valence-electron chi connectivity index (χ2n) is 1.02. The van der Waals surface area contributed by atoms with E-state index in [0.29, 0.717) is 0 Å². The molecule has 0 nitrogen and oxygen atoms in total. The Morgan fingerprint density at radius 3 is 1.67 bits per heavy atom. The summed E-state index contributed by atoms with van der Waals surface area (Å²) in [6, 6.07) is 0. The summed E-state index contributed by atoms with van der Waals surface area (Å²) < 4.78 is 0. The zero-order valence-electron chi connectivity index (χ0n) is 4.23. The Morgan fingerprint density at radius 2 is 1.67 bits per heavy atom. The van der Waals surface area contributed by atoms with Crippen molar-refractivity contribution in [1.29, 1.82) is 0 Å². The molecule has 2 heteroatoms. The molecular formula is C4H10Se2. The molecule has 0 aliphatic heterocycles. The fourth-order valence-corrected chi connectivity index (χ4v) is 1.06. The van der Waals surface area contributed by atoms with E-state index in [-0.39, 0.29) is 11.5 Å². The molecule has 0 aliphatic carbocycles. The van der Waals surface area contributed by atoms with Crippen LogP contribution in [0.3, 0.4) is 0 Å². The van der Waals surface area contributed by atoms with Crippen molar-refractivity contribution in [2.45, 2.75) is 24.5 Å². The molecule has 0 aromatic rings. The average molecular weight is 216 g/mol. The fourth-order valence-electron chi connectivity index (χ4n) is 0.204. The van der Waals surface area contributed by atoms with E-state index in [1.165, 1.54) is 10.6 Å². The first-order valence-corrected chi connectivity index (χ1v) is 8.91. The van der Waals surface area contributed by atoms with Crippen molar-refractivity contribution in [3.8, 4) is 0 Å². The molecule has 38 valence electrons. The second kappa shape index (κ2) is 4.20. The van der Waals surface area contributed by atoms with E-state index in [1.54, 1.807) is 0 Å². The van der Waals surface area contributed by atoms with Crippen LogP contribution in [-0.4, -0.2) is 25.2 Å². The van der Waals surface area contributed by atoms with Crippen molar-refractivity contribution in [3.63, 3.8) is 0 Å². The molecule has 0 fully saturated rings. The van der Waals surface area contributed by atoms with Gasteiger partial charge in [-0.3, -0.25) is 0 Å². The van der Waals surface area contributed by atoms with Crippen LogP contribution in [-0.2, 0) is 0 Å². The van der Waals surface area contributed by atoms with Crippen molar-refractivity contribution < 1.29 is 0 Å². The molecule has 0 heterocycles. The minimum atomic E-state index is -0.176. The molecule has 0 aromatic heterocycles. The van der Waals surface area contributed by atoms with Gasteiger partial charge in [-0.2, -0.15) is 0 Å². The number of hydrogen-bond donors (Lipinski definition) is 0. The van der Waals surface area contributed by atoms with Crippen LogP contribution in [0.4, 0.5) is 0 Å². The van der Waals surface area contributed by atoms with Crippen LogP contribution < -0.4 is 0 Å². The first-order valence-electron chi connectivity index (χ1n) is 2.16. The molecule has 0 saturated heterocycles. The van der Waals surface area contributed by atoms with E-state index in [9.17, 15) is 0 Å². The summed E-state index contributed by atoms with van der Waals surface area (Å²) in [5.74, 6) is 0. The Balaban J connectivity index is 2.99. The van der Waals surface area contributed by atoms with Gasteiger partial charge in [-0.1, -0.05) is 0 Å². The monoisotopic (exact) mass is 218 g/mol. The van der Waals surface area contributed by atoms with Crippen LogP contribution in [0.2, 0.25) is 10.6 Å². The van der Waals surface area contributed by atoms with Crippen molar-refractivity contribution in [2.24, 2.45) is 0 Å². The summed E-state index contributed by atoms with van der Waals surface area (Å²) in [7, 11) is 0. The molecule has 0 radical (unpaired) electrons. The van der Waals surface area contributed by atoms with Gasteiger partial charge in [0.15, 0.2) is 0 Å². The van der Waals surface area contributed by atoms with Gasteiger partial charge in [0, 0.05) is 0 Å². The molecule has 0 saturated carbocycles. The van der Waals surface area contributed by atoms with Gasteiger partial charge in [0.2, 0.25) is 0 Å². The SMILES string of the molecule is CC[Se](=[Se])CC. The van der Waals surface area contributed by atoms with Gasteiger partial charge in [-0.25, -0.2) is 0 Å². The third-order valence-corrected chi connectivity index (χ3v) is 8.49. The normalized spacial score (nSPS) is 9.83. The van der Waals surface area contributed by atoms with Gasteiger partial charge in [-0.15, -0.1) is 0 Å². The Kier molecular flexibility index (Phi) is 4.93. The van der Waals surface area contributed by atoms with Crippen molar-refractivity contribution in [3.05, 3.63) is 0 Å². The van der Waals surface area contributed by atoms with Gasteiger partial charge in [0.05, 0.1) is 0 Å². The molecule has 0 amide bonds. The molecule has 0 aromatic carbocycles. The average Bonchev–Trinajstić information content (AvgIpc) is 1.65. The zero-order chi connectivity index (χ0) is 4.99. The van der Waals surface area contributed by atoms with E-state index in [1.807, 2.05) is 0 Å². The Hall–Kier alpha value is 1.04. The standard InChI is InChI=1S/C4H10Se2/c1-3-6(5)4-2/h3-4H2,1-2H3. The van der Waals surface area contributed by atoms with Crippen LogP contribution in [0.15, 0.2) is 0 Å². The molecule has 6 heavy (non-hydrogen) atoms. The van der Waals surface area contributed by atoms with E-state index in [0.717, 1.165) is 0 Å². The zero-order valence-corrected chi connectivity index (χ0v) is 7.66. The number of hydrogen-bond acceptors (Lipinski definition) is 0. The van der Waals surface area contributed by atoms with Gasteiger partial charge in [0.25, 0.3) is 0 Å². The van der Waals surface area contributed by atoms with E-state index >= 15 is 0 Å². The molecular weight excluding hydrogens is 206 g/mol. The van der Waals surface area contributed by atoms with E-state index < -0.39 is 0 Å². The van der Waals surface area contributed by atoms with Crippen LogP contribution in [0.5, 0.6) is 0 Å². The van der Waals surface area contributed by atoms with E-state index in [2.05, 4.69) is 27.5 Å². The maximum absolute atomic E-state index is 3.20. The topological polar surface area (TPSA) is 0 Å². The summed E-state index contributed by atoms with van der Waals surface area (Å²) in [5, 5.41) is 2.80. The van der Waals surface area contributed by atoms with Crippen LogP contribution in [0.1, 0.15) is 13.8 Å². The summed E-state index contributed by atoms with van der Waals surface area (Å²) in [6.45, 7) is 4.51. The third kappa shape index (κ3) is 3.24. The van der Waals surface area contributed by atoms with Crippen LogP contribution in [0.25, 0.3) is 0 Å². The predicted molar refractivity (Wildman–Crippen MR) is 32.5 cm³/mol. The van der Waals surface area contributed by atoms with Gasteiger partial charge < -0.3 is 0 Å². The number of rotatable bonds is 2. The quantitative estimate of drug-likeness (QED) is 0.608. The summed E-state index contributed by atoms with van der Waals surface area (Å²) in [5.41, 5.74) is 0. The first-order chi connectivity index (χ1) is 2.81. The van der Waals surface area contributed by atoms with Crippen molar-refractivity contribution >= 4 is 25.2 Å². The minimum absolute atomic E-state index is 0.176. The molecule has 0 atom stereocenters. The molecule has 0 unspecified atom stereocenters. The summed E-state index contributed by atoms with van der Waals surface area (Å²) in [6.07, 6.45) is 0. The molecule has 0 bridgehead atoms. The van der Waals surface area contributed by atoms with Gasteiger partial charge >= 0.3 is 49.7 Å². The van der Waals surface area contributed by atoms with Crippen LogP contribution in [0, 0.1) is 0 Å². The fraction of sp³-hybridized carbons (Fsp3) is 1.00. The predicted octanol–water partition coefficient (Wildman–Crippen LogP) is 1.19. The molecule has 0 spiro atoms. The Bertz CT molecular complexity index is 43.5. The summed E-state index contributed by atoms with van der Waals surface area (Å²) >= 11 is 3.03. The second-order valence-corrected chi connectivity index (χ2v) is 10.4. The first kappa shape index (κ1) is 7.04. The molecule has 0 aliphatic rings. The van der Waals surface area contributed by atoms with Crippen molar-refractivity contribution in [2.75, 3.05) is 0 Å². The molecule has 0 N–H and O–H groups in total. The van der Waals surface area contributed by atoms with Gasteiger partial charge in [0.1, 0.15) is 0 Å². The maximum atomic E-state index is 3.20. The Labute approximate surface area is 49.9 Å². The molecule has 0 rings (SSSR count). The Morgan fingerprint density at radius 1 is 1.33 bits per heavy atom. The van der Waals surface area contributed by atoms with Gasteiger partial charge in [-0.05, 0) is 0 Å². The van der Waals surface area contributed by atoms with E-state index in [4.69, 9.17) is 0 Å².